The maximum absolute atomic E-state index is 13.4. The van der Waals surface area contributed by atoms with Gasteiger partial charge in [0.25, 0.3) is 0 Å². The number of alkyl carbamates (subject to hydrolysis) is 1. The van der Waals surface area contributed by atoms with Crippen LogP contribution in [-0.2, 0) is 16.1 Å². The molecule has 202 valence electrons. The number of nitrogens with zero attached hydrogens (tertiary/aromatic N) is 3. The number of nitrogens with one attached hydrogen (secondary N) is 2. The highest BCUT2D eigenvalue weighted by atomic mass is 28.3. The lowest BCUT2D eigenvalue weighted by molar-refractivity contribution is -0.133. The topological polar surface area (TPSA) is 135 Å². The molecule has 1 aliphatic carbocycles. The van der Waals surface area contributed by atoms with Crippen LogP contribution in [0, 0.1) is 11.3 Å². The van der Waals surface area contributed by atoms with Crippen molar-refractivity contribution < 1.29 is 24.2 Å². The van der Waals surface area contributed by atoms with Crippen LogP contribution >= 0.6 is 0 Å². The molecule has 0 radical (unpaired) electrons. The van der Waals surface area contributed by atoms with Crippen LogP contribution in [0.1, 0.15) is 31.2 Å². The Morgan fingerprint density at radius 3 is 2.59 bits per heavy atom. The Morgan fingerprint density at radius 2 is 1.95 bits per heavy atom. The van der Waals surface area contributed by atoms with Gasteiger partial charge in [-0.15, -0.1) is 0 Å². The van der Waals surface area contributed by atoms with E-state index in [9.17, 15) is 19.5 Å². The maximum atomic E-state index is 13.4. The van der Waals surface area contributed by atoms with Crippen molar-refractivity contribution in [2.75, 3.05) is 19.6 Å². The smallest absolute Gasteiger partial charge is 0.408 e. The van der Waals surface area contributed by atoms with Gasteiger partial charge in [0, 0.05) is 27.2 Å². The molecule has 1 aromatic rings. The van der Waals surface area contributed by atoms with Gasteiger partial charge < -0.3 is 30.3 Å². The first kappa shape index (κ1) is 28.5. The summed E-state index contributed by atoms with van der Waals surface area (Å²) in [6.07, 6.45) is 0.714. The van der Waals surface area contributed by atoms with Crippen molar-refractivity contribution in [1.29, 1.82) is 5.26 Å². The molecule has 3 N–H and O–H groups in total. The number of hydrogen-bond donors (Lipinski definition) is 3. The summed E-state index contributed by atoms with van der Waals surface area (Å²) in [5.41, 5.74) is 0.855. The van der Waals surface area contributed by atoms with Gasteiger partial charge in [0.15, 0.2) is 0 Å². The third-order valence-electron chi connectivity index (χ3n) is 7.14. The van der Waals surface area contributed by atoms with E-state index in [2.05, 4.69) is 36.3 Å². The summed E-state index contributed by atoms with van der Waals surface area (Å²) < 4.78 is 5.29. The van der Waals surface area contributed by atoms with Crippen molar-refractivity contribution in [3.05, 3.63) is 35.9 Å². The minimum Gasteiger partial charge on any atom is -0.465 e. The summed E-state index contributed by atoms with van der Waals surface area (Å²) in [7, 11) is -1.50. The fourth-order valence-electron chi connectivity index (χ4n) is 5.14. The molecule has 1 aliphatic heterocycles. The molecule has 2 aliphatic rings. The van der Waals surface area contributed by atoms with Crippen LogP contribution in [0.4, 0.5) is 9.59 Å². The molecule has 3 rings (SSSR count). The summed E-state index contributed by atoms with van der Waals surface area (Å²) in [6.45, 7) is 7.81. The minimum absolute atomic E-state index is 0.00854. The van der Waals surface area contributed by atoms with Crippen molar-refractivity contribution in [3.8, 4) is 6.07 Å². The summed E-state index contributed by atoms with van der Waals surface area (Å²) in [4.78, 5) is 41.3. The second-order valence-corrected chi connectivity index (χ2v) is 16.7. The van der Waals surface area contributed by atoms with Gasteiger partial charge in [-0.25, -0.2) is 9.59 Å². The van der Waals surface area contributed by atoms with Gasteiger partial charge in [-0.1, -0.05) is 50.0 Å². The monoisotopic (exact) mass is 529 g/mol. The van der Waals surface area contributed by atoms with Crippen LogP contribution < -0.4 is 10.6 Å². The minimum atomic E-state index is -1.50. The number of hydrogen-bond acceptors (Lipinski definition) is 6. The van der Waals surface area contributed by atoms with Gasteiger partial charge >= 0.3 is 12.2 Å². The van der Waals surface area contributed by atoms with Gasteiger partial charge in [0.1, 0.15) is 12.6 Å². The number of amides is 3. The Kier molecular flexibility index (Phi) is 9.94. The van der Waals surface area contributed by atoms with Crippen LogP contribution in [0.5, 0.6) is 0 Å². The van der Waals surface area contributed by atoms with Gasteiger partial charge in [0.05, 0.1) is 24.7 Å². The number of likely N-dealkylation sites (tertiary alicyclic amines) is 1. The number of carboxylic acid groups (broad SMARTS) is 1. The van der Waals surface area contributed by atoms with E-state index in [1.807, 2.05) is 30.3 Å². The lowest BCUT2D eigenvalue weighted by Gasteiger charge is -2.45. The molecule has 0 aromatic heterocycles. The molecule has 4 atom stereocenters. The Morgan fingerprint density at radius 1 is 1.22 bits per heavy atom. The van der Waals surface area contributed by atoms with Gasteiger partial charge in [-0.05, 0) is 37.3 Å². The van der Waals surface area contributed by atoms with Crippen molar-refractivity contribution in [2.24, 2.45) is 0 Å². The number of carbonyl (C=O) groups excluding carboxylic acids is 2. The van der Waals surface area contributed by atoms with Crippen molar-refractivity contribution in [2.45, 2.75) is 82.1 Å². The molecule has 0 bridgehead atoms. The number of rotatable bonds is 10. The summed E-state index contributed by atoms with van der Waals surface area (Å²) >= 11 is 0. The molecule has 37 heavy (non-hydrogen) atoms. The molecule has 1 saturated heterocycles. The highest BCUT2D eigenvalue weighted by Gasteiger charge is 2.45. The molecule has 2 fully saturated rings. The van der Waals surface area contributed by atoms with E-state index < -0.39 is 26.3 Å². The number of benzene rings is 1. The van der Waals surface area contributed by atoms with Gasteiger partial charge in [0.2, 0.25) is 5.91 Å². The van der Waals surface area contributed by atoms with Gasteiger partial charge in [-0.3, -0.25) is 4.79 Å². The molecule has 1 saturated carbocycles. The van der Waals surface area contributed by atoms with Gasteiger partial charge in [-0.2, -0.15) is 5.26 Å². The first-order chi connectivity index (χ1) is 17.6. The maximum Gasteiger partial charge on any atom is 0.408 e. The zero-order chi connectivity index (χ0) is 27.0. The van der Waals surface area contributed by atoms with Crippen molar-refractivity contribution in [3.63, 3.8) is 0 Å². The zero-order valence-corrected chi connectivity index (χ0v) is 23.0. The fraction of sp³-hybridized carbons (Fsp3) is 0.615. The van der Waals surface area contributed by atoms with E-state index in [1.54, 1.807) is 4.90 Å². The SMILES string of the molecule is C[Si](C)(C)CCN(C(=O)O)[C@@H]1C[C@H](NCC#N)CC[C@@H]1N1CC[C@H](NC(=O)OCc2ccccc2)C1=O. The average molecular weight is 530 g/mol. The van der Waals surface area contributed by atoms with E-state index >= 15 is 0 Å². The zero-order valence-electron chi connectivity index (χ0n) is 22.0. The van der Waals surface area contributed by atoms with E-state index in [1.165, 1.54) is 4.90 Å². The van der Waals surface area contributed by atoms with Crippen LogP contribution in [0.2, 0.25) is 25.7 Å². The van der Waals surface area contributed by atoms with Crippen LogP contribution in [0.3, 0.4) is 0 Å². The third-order valence-corrected chi connectivity index (χ3v) is 8.87. The second kappa shape index (κ2) is 12.9. The highest BCUT2D eigenvalue weighted by Crippen LogP contribution is 2.31. The van der Waals surface area contributed by atoms with E-state index in [0.29, 0.717) is 32.4 Å². The average Bonchev–Trinajstić information content (AvgIpc) is 3.21. The molecule has 1 aromatic carbocycles. The molecule has 3 amide bonds. The Hall–Kier alpha value is -3.10. The Labute approximate surface area is 220 Å². The summed E-state index contributed by atoms with van der Waals surface area (Å²) in [6, 6.07) is 10.9. The fourth-order valence-corrected chi connectivity index (χ4v) is 6.05. The van der Waals surface area contributed by atoms with Crippen LogP contribution in [0.25, 0.3) is 0 Å². The molecule has 11 heteroatoms. The lowest BCUT2D eigenvalue weighted by atomic mass is 9.84. The predicted octanol–water partition coefficient (Wildman–Crippen LogP) is 3.23. The predicted molar refractivity (Wildman–Crippen MR) is 142 cm³/mol. The second-order valence-electron chi connectivity index (χ2n) is 11.0. The molecular weight excluding hydrogens is 490 g/mol. The van der Waals surface area contributed by atoms with Crippen LogP contribution in [0.15, 0.2) is 30.3 Å². The largest absolute Gasteiger partial charge is 0.465 e. The molecule has 0 spiro atoms. The molecule has 1 heterocycles. The molecule has 10 nitrogen and oxygen atoms in total. The normalized spacial score (nSPS) is 23.8. The number of nitriles is 1. The van der Waals surface area contributed by atoms with E-state index in [4.69, 9.17) is 10.00 Å². The van der Waals surface area contributed by atoms with Crippen molar-refractivity contribution >= 4 is 26.2 Å². The molecular formula is C26H39N5O5Si. The quantitative estimate of drug-likeness (QED) is 0.313. The highest BCUT2D eigenvalue weighted by molar-refractivity contribution is 6.76. The summed E-state index contributed by atoms with van der Waals surface area (Å²) in [5.74, 6) is -0.203. The van der Waals surface area contributed by atoms with E-state index in [0.717, 1.165) is 18.0 Å². The number of ether oxygens (including phenoxy) is 1. The summed E-state index contributed by atoms with van der Waals surface area (Å²) in [5, 5.41) is 25.0. The third kappa shape index (κ3) is 8.20. The Bertz CT molecular complexity index is 980. The lowest BCUT2D eigenvalue weighted by Crippen LogP contribution is -2.60. The standard InChI is InChI=1S/C26H39N5O5Si/c1-37(2,3)16-15-31(26(34)35)23-17-20(28-13-12-27)9-10-22(23)30-14-11-21(24(30)32)29-25(33)36-18-19-7-5-4-6-8-19/h4-8,20-23,28H,9-11,13-18H2,1-3H3,(H,29,33)(H,34,35)/t20-,21+,22+,23-/m1/s1. The Balaban J connectivity index is 1.68. The van der Waals surface area contributed by atoms with Crippen molar-refractivity contribution in [1.82, 2.24) is 20.4 Å². The van der Waals surface area contributed by atoms with E-state index in [-0.39, 0.29) is 37.2 Å². The number of carbonyl (C=O) groups is 3. The first-order valence-corrected chi connectivity index (χ1v) is 16.7. The van der Waals surface area contributed by atoms with Crippen LogP contribution in [-0.4, -0.2) is 84.9 Å². The first-order valence-electron chi connectivity index (χ1n) is 13.0. The molecule has 0 unspecified atom stereocenters.